The fourth-order valence-electron chi connectivity index (χ4n) is 3.48. The second-order valence-corrected chi connectivity index (χ2v) is 9.12. The van der Waals surface area contributed by atoms with E-state index in [0.717, 1.165) is 53.8 Å². The van der Waals surface area contributed by atoms with Gasteiger partial charge in [0.25, 0.3) is 0 Å². The number of rotatable bonds is 13. The van der Waals surface area contributed by atoms with Gasteiger partial charge in [0.15, 0.2) is 11.0 Å². The third-order valence-electron chi connectivity index (χ3n) is 5.34. The molecule has 2 aromatic carbocycles. The van der Waals surface area contributed by atoms with Crippen LogP contribution in [-0.4, -0.2) is 33.0 Å². The van der Waals surface area contributed by atoms with Crippen molar-refractivity contribution in [2.75, 3.05) is 12.3 Å². The molecule has 1 heterocycles. The van der Waals surface area contributed by atoms with E-state index in [9.17, 15) is 4.79 Å². The molecule has 0 spiro atoms. The first-order valence-electron chi connectivity index (χ1n) is 11.7. The molecule has 0 saturated heterocycles. The minimum Gasteiger partial charge on any atom is -0.356 e. The maximum Gasteiger partial charge on any atom is 0.219 e. The molecule has 3 aromatic rings. The summed E-state index contributed by atoms with van der Waals surface area (Å²) in [7, 11) is 0. The van der Waals surface area contributed by atoms with Gasteiger partial charge in [0, 0.05) is 30.0 Å². The van der Waals surface area contributed by atoms with E-state index in [2.05, 4.69) is 70.3 Å². The van der Waals surface area contributed by atoms with Gasteiger partial charge in [-0.3, -0.25) is 9.36 Å². The Morgan fingerprint density at radius 2 is 1.72 bits per heavy atom. The van der Waals surface area contributed by atoms with Crippen molar-refractivity contribution in [1.82, 2.24) is 20.1 Å². The van der Waals surface area contributed by atoms with Crippen LogP contribution in [0.1, 0.15) is 57.4 Å². The second-order valence-electron chi connectivity index (χ2n) is 8.06. The van der Waals surface area contributed by atoms with E-state index in [-0.39, 0.29) is 5.91 Å². The Morgan fingerprint density at radius 3 is 2.47 bits per heavy atom. The molecule has 1 N–H and O–H groups in total. The van der Waals surface area contributed by atoms with E-state index in [0.29, 0.717) is 6.42 Å². The zero-order chi connectivity index (χ0) is 22.6. The van der Waals surface area contributed by atoms with Gasteiger partial charge in [0.05, 0.1) is 0 Å². The van der Waals surface area contributed by atoms with Crippen LogP contribution in [-0.2, 0) is 4.79 Å². The summed E-state index contributed by atoms with van der Waals surface area (Å²) in [5.74, 6) is 1.92. The molecule has 5 nitrogen and oxygen atoms in total. The van der Waals surface area contributed by atoms with Crippen LogP contribution in [0.4, 0.5) is 0 Å². The van der Waals surface area contributed by atoms with Crippen molar-refractivity contribution < 1.29 is 4.79 Å². The van der Waals surface area contributed by atoms with Gasteiger partial charge in [-0.2, -0.15) is 0 Å². The topological polar surface area (TPSA) is 59.8 Å². The van der Waals surface area contributed by atoms with Crippen molar-refractivity contribution in [2.24, 2.45) is 0 Å². The lowest BCUT2D eigenvalue weighted by atomic mass is 10.1. The highest BCUT2D eigenvalue weighted by atomic mass is 32.2. The molecule has 3 rings (SSSR count). The Kier molecular flexibility index (Phi) is 9.82. The van der Waals surface area contributed by atoms with Crippen LogP contribution in [0.2, 0.25) is 0 Å². The number of para-hydroxylation sites is 1. The van der Waals surface area contributed by atoms with Gasteiger partial charge < -0.3 is 5.32 Å². The molecule has 0 aliphatic rings. The number of benzene rings is 2. The van der Waals surface area contributed by atoms with E-state index in [1.54, 1.807) is 11.8 Å². The van der Waals surface area contributed by atoms with Gasteiger partial charge >= 0.3 is 0 Å². The third-order valence-corrected chi connectivity index (χ3v) is 6.35. The summed E-state index contributed by atoms with van der Waals surface area (Å²) in [6, 6.07) is 18.6. The fourth-order valence-corrected chi connectivity index (χ4v) is 4.43. The van der Waals surface area contributed by atoms with E-state index in [1.165, 1.54) is 24.8 Å². The summed E-state index contributed by atoms with van der Waals surface area (Å²) in [4.78, 5) is 12.0. The number of unbranched alkanes of at least 4 members (excludes halogenated alkanes) is 4. The molecule has 0 aliphatic heterocycles. The Balaban J connectivity index is 1.54. The first kappa shape index (κ1) is 24.1. The molecular weight excluding hydrogens is 416 g/mol. The minimum absolute atomic E-state index is 0.167. The van der Waals surface area contributed by atoms with Crippen LogP contribution < -0.4 is 5.32 Å². The van der Waals surface area contributed by atoms with Crippen molar-refractivity contribution >= 4 is 17.7 Å². The van der Waals surface area contributed by atoms with Crippen LogP contribution in [0.3, 0.4) is 0 Å². The molecule has 0 radical (unpaired) electrons. The normalized spacial score (nSPS) is 10.9. The van der Waals surface area contributed by atoms with E-state index in [1.807, 2.05) is 18.2 Å². The Hall–Kier alpha value is -2.60. The summed E-state index contributed by atoms with van der Waals surface area (Å²) < 4.78 is 2.12. The molecule has 0 aliphatic carbocycles. The van der Waals surface area contributed by atoms with Crippen molar-refractivity contribution in [3.05, 3.63) is 60.2 Å². The molecule has 0 fully saturated rings. The summed E-state index contributed by atoms with van der Waals surface area (Å²) in [5, 5.41) is 12.9. The van der Waals surface area contributed by atoms with Crippen LogP contribution in [0.25, 0.3) is 17.1 Å². The smallest absolute Gasteiger partial charge is 0.219 e. The maximum absolute atomic E-state index is 12.0. The number of amides is 1. The number of carbonyl (C=O) groups is 1. The lowest BCUT2D eigenvalue weighted by molar-refractivity contribution is -0.121. The summed E-state index contributed by atoms with van der Waals surface area (Å²) in [5.41, 5.74) is 3.33. The van der Waals surface area contributed by atoms with Crippen molar-refractivity contribution in [3.63, 3.8) is 0 Å². The molecule has 0 bridgehead atoms. The summed E-state index contributed by atoms with van der Waals surface area (Å²) >= 11 is 1.70. The van der Waals surface area contributed by atoms with Crippen molar-refractivity contribution in [1.29, 1.82) is 0 Å². The van der Waals surface area contributed by atoms with Gasteiger partial charge in [-0.25, -0.2) is 0 Å². The molecule has 1 amide bonds. The predicted octanol–water partition coefficient (Wildman–Crippen LogP) is 6.20. The lowest BCUT2D eigenvalue weighted by Gasteiger charge is -2.10. The minimum atomic E-state index is 0.167. The monoisotopic (exact) mass is 450 g/mol. The number of hydrogen-bond acceptors (Lipinski definition) is 4. The van der Waals surface area contributed by atoms with Crippen LogP contribution in [0.15, 0.2) is 59.8 Å². The Bertz CT molecular complexity index is 954. The predicted molar refractivity (Wildman–Crippen MR) is 133 cm³/mol. The first-order valence-corrected chi connectivity index (χ1v) is 12.6. The average Bonchev–Trinajstić information content (AvgIpc) is 3.23. The molecule has 0 atom stereocenters. The number of aromatic nitrogens is 3. The number of nitrogens with one attached hydrogen (secondary N) is 1. The van der Waals surface area contributed by atoms with Gasteiger partial charge in [-0.15, -0.1) is 10.2 Å². The third kappa shape index (κ3) is 7.23. The number of carbonyl (C=O) groups excluding carboxylic acids is 1. The van der Waals surface area contributed by atoms with Crippen molar-refractivity contribution in [2.45, 2.75) is 63.9 Å². The number of aryl methyl sites for hydroxylation is 1. The van der Waals surface area contributed by atoms with E-state index < -0.39 is 0 Å². The van der Waals surface area contributed by atoms with E-state index >= 15 is 0 Å². The summed E-state index contributed by atoms with van der Waals surface area (Å²) in [6.45, 7) is 5.08. The molecule has 1 aromatic heterocycles. The number of hydrogen-bond donors (Lipinski definition) is 1. The molecule has 32 heavy (non-hydrogen) atoms. The van der Waals surface area contributed by atoms with Gasteiger partial charge in [0.1, 0.15) is 0 Å². The zero-order valence-corrected chi connectivity index (χ0v) is 20.0. The van der Waals surface area contributed by atoms with Gasteiger partial charge in [-0.05, 0) is 38.3 Å². The highest BCUT2D eigenvalue weighted by molar-refractivity contribution is 7.99. The SMILES string of the molecule is CCCCCCNC(=O)CCCCSc1nnc(-c2ccc(C)cc2)n1-c1ccccc1. The van der Waals surface area contributed by atoms with Gasteiger partial charge in [0.2, 0.25) is 5.91 Å². The molecular formula is C26H34N4OS. The fraction of sp³-hybridized carbons (Fsp3) is 0.423. The quantitative estimate of drug-likeness (QED) is 0.249. The molecule has 0 saturated carbocycles. The summed E-state index contributed by atoms with van der Waals surface area (Å²) in [6.07, 6.45) is 7.18. The lowest BCUT2D eigenvalue weighted by Crippen LogP contribution is -2.23. The number of nitrogens with zero attached hydrogens (tertiary/aromatic N) is 3. The second kappa shape index (κ2) is 13.1. The van der Waals surface area contributed by atoms with Gasteiger partial charge in [-0.1, -0.05) is 86.0 Å². The standard InChI is InChI=1S/C26H34N4OS/c1-3-4-5-10-19-27-24(31)14-9-11-20-32-26-29-28-25(22-17-15-21(2)16-18-22)30(26)23-12-7-6-8-13-23/h6-8,12-13,15-18H,3-5,9-11,14,19-20H2,1-2H3,(H,27,31). The average molecular weight is 451 g/mol. The molecule has 170 valence electrons. The Labute approximate surface area is 196 Å². The highest BCUT2D eigenvalue weighted by Gasteiger charge is 2.16. The maximum atomic E-state index is 12.0. The van der Waals surface area contributed by atoms with Crippen LogP contribution in [0.5, 0.6) is 0 Å². The highest BCUT2D eigenvalue weighted by Crippen LogP contribution is 2.28. The zero-order valence-electron chi connectivity index (χ0n) is 19.2. The van der Waals surface area contributed by atoms with Crippen LogP contribution >= 0.6 is 11.8 Å². The van der Waals surface area contributed by atoms with E-state index in [4.69, 9.17) is 0 Å². The Morgan fingerprint density at radius 1 is 0.938 bits per heavy atom. The van der Waals surface area contributed by atoms with Crippen molar-refractivity contribution in [3.8, 4) is 17.1 Å². The molecule has 6 heteroatoms. The van der Waals surface area contributed by atoms with Crippen LogP contribution in [0, 0.1) is 6.92 Å². The number of thioether (sulfide) groups is 1. The first-order chi connectivity index (χ1) is 15.7. The molecule has 0 unspecified atom stereocenters. The largest absolute Gasteiger partial charge is 0.356 e.